The Balaban J connectivity index is 1.51. The molecule has 2 heterocycles. The second kappa shape index (κ2) is 9.36. The molecule has 0 unspecified atom stereocenters. The molecule has 0 aliphatic carbocycles. The lowest BCUT2D eigenvalue weighted by atomic mass is 10.2. The van der Waals surface area contributed by atoms with E-state index in [9.17, 15) is 4.79 Å². The van der Waals surface area contributed by atoms with Gasteiger partial charge in [0.2, 0.25) is 0 Å². The number of para-hydroxylation sites is 2. The van der Waals surface area contributed by atoms with Crippen molar-refractivity contribution in [1.82, 2.24) is 15.6 Å². The van der Waals surface area contributed by atoms with Gasteiger partial charge >= 0.3 is 0 Å². The summed E-state index contributed by atoms with van der Waals surface area (Å²) >= 11 is 1.66. The number of carbonyl (C=O) groups excluding carboxylic acids is 1. The van der Waals surface area contributed by atoms with Crippen LogP contribution >= 0.6 is 11.3 Å². The molecule has 2 aromatic rings. The van der Waals surface area contributed by atoms with E-state index in [0.717, 1.165) is 41.9 Å². The van der Waals surface area contributed by atoms with Gasteiger partial charge in [0.25, 0.3) is 5.91 Å². The zero-order valence-electron chi connectivity index (χ0n) is 15.7. The molecule has 0 saturated heterocycles. The molecule has 1 aromatic carbocycles. The number of hydrogen-bond acceptors (Lipinski definition) is 5. The van der Waals surface area contributed by atoms with Crippen LogP contribution in [0.2, 0.25) is 0 Å². The van der Waals surface area contributed by atoms with Crippen molar-refractivity contribution in [1.29, 1.82) is 0 Å². The summed E-state index contributed by atoms with van der Waals surface area (Å²) in [7, 11) is 0. The van der Waals surface area contributed by atoms with Crippen LogP contribution in [-0.2, 0) is 11.3 Å². The lowest BCUT2D eigenvalue weighted by molar-refractivity contribution is -0.121. The van der Waals surface area contributed by atoms with Gasteiger partial charge in [-0.15, -0.1) is 11.3 Å². The summed E-state index contributed by atoms with van der Waals surface area (Å²) in [5.74, 6) is 1.52. The number of amides is 1. The number of guanidine groups is 1. The maximum atomic E-state index is 12.2. The van der Waals surface area contributed by atoms with Gasteiger partial charge in [0.1, 0.15) is 10.8 Å². The number of carbonyl (C=O) groups is 1. The Labute approximate surface area is 163 Å². The molecule has 144 valence electrons. The lowest BCUT2D eigenvalue weighted by Crippen LogP contribution is -2.42. The highest BCUT2D eigenvalue weighted by Crippen LogP contribution is 2.31. The maximum Gasteiger partial charge on any atom is 0.265 e. The Hall–Kier alpha value is -2.61. The van der Waals surface area contributed by atoms with E-state index >= 15 is 0 Å². The van der Waals surface area contributed by atoms with Gasteiger partial charge in [-0.1, -0.05) is 12.1 Å². The molecule has 8 heteroatoms. The number of hydrogen-bond donors (Lipinski definition) is 2. The smallest absolute Gasteiger partial charge is 0.265 e. The van der Waals surface area contributed by atoms with Crippen molar-refractivity contribution in [3.63, 3.8) is 0 Å². The average Bonchev–Trinajstić information content (AvgIpc) is 3.09. The molecule has 1 aromatic heterocycles. The summed E-state index contributed by atoms with van der Waals surface area (Å²) in [6.07, 6.45) is 2.67. The molecule has 0 bridgehead atoms. The van der Waals surface area contributed by atoms with Gasteiger partial charge in [-0.3, -0.25) is 4.79 Å². The normalized spacial score (nSPS) is 13.9. The Morgan fingerprint density at radius 2 is 2.22 bits per heavy atom. The molecule has 0 fully saturated rings. The Kier molecular flexibility index (Phi) is 6.64. The highest BCUT2D eigenvalue weighted by atomic mass is 32.1. The highest BCUT2D eigenvalue weighted by molar-refractivity contribution is 7.11. The maximum absolute atomic E-state index is 12.2. The molecular formula is C19H25N5O2S. The van der Waals surface area contributed by atoms with Crippen LogP contribution < -0.4 is 20.3 Å². The minimum Gasteiger partial charge on any atom is -0.482 e. The third-order valence-corrected chi connectivity index (χ3v) is 4.94. The molecule has 2 N–H and O–H groups in total. The van der Waals surface area contributed by atoms with E-state index in [-0.39, 0.29) is 12.5 Å². The van der Waals surface area contributed by atoms with Crippen LogP contribution in [0.1, 0.15) is 23.2 Å². The minimum absolute atomic E-state index is 0.00610. The fraction of sp³-hybridized carbons (Fsp3) is 0.421. The number of thiazole rings is 1. The van der Waals surface area contributed by atoms with E-state index in [1.54, 1.807) is 16.2 Å². The van der Waals surface area contributed by atoms with E-state index in [2.05, 4.69) is 20.6 Å². The van der Waals surface area contributed by atoms with E-state index in [4.69, 9.17) is 4.74 Å². The first-order valence-corrected chi connectivity index (χ1v) is 9.94. The quantitative estimate of drug-likeness (QED) is 0.433. The first-order chi connectivity index (χ1) is 13.2. The van der Waals surface area contributed by atoms with E-state index in [1.807, 2.05) is 44.3 Å². The average molecular weight is 388 g/mol. The van der Waals surface area contributed by atoms with E-state index < -0.39 is 0 Å². The molecule has 1 aliphatic heterocycles. The zero-order valence-corrected chi connectivity index (χ0v) is 16.5. The SMILES string of the molecule is CCNC(=NCc1ncc(C)s1)NCCCN1C(=O)COc2ccccc21. The van der Waals surface area contributed by atoms with Crippen molar-refractivity contribution in [2.24, 2.45) is 4.99 Å². The number of aliphatic imine (C=N–C) groups is 1. The number of aromatic nitrogens is 1. The zero-order chi connectivity index (χ0) is 19.1. The number of ether oxygens (including phenoxy) is 1. The molecule has 3 rings (SSSR count). The van der Waals surface area contributed by atoms with Gasteiger partial charge in [-0.25, -0.2) is 9.98 Å². The standard InChI is InChI=1S/C19H25N5O2S/c1-3-20-19(23-12-17-22-11-14(2)27-17)21-9-6-10-24-15-7-4-5-8-16(15)26-13-18(24)25/h4-5,7-8,11H,3,6,9-10,12-13H2,1-2H3,(H2,20,21,23). The van der Waals surface area contributed by atoms with Crippen molar-refractivity contribution in [3.05, 3.63) is 40.3 Å². The third-order valence-electron chi connectivity index (χ3n) is 4.04. The molecule has 1 amide bonds. The lowest BCUT2D eigenvalue weighted by Gasteiger charge is -2.29. The van der Waals surface area contributed by atoms with Gasteiger partial charge in [0.15, 0.2) is 12.6 Å². The summed E-state index contributed by atoms with van der Waals surface area (Å²) in [5.41, 5.74) is 0.841. The summed E-state index contributed by atoms with van der Waals surface area (Å²) in [6.45, 7) is 6.88. The molecule has 7 nitrogen and oxygen atoms in total. The van der Waals surface area contributed by atoms with Crippen LogP contribution in [0.5, 0.6) is 5.75 Å². The van der Waals surface area contributed by atoms with Crippen molar-refractivity contribution in [2.75, 3.05) is 31.1 Å². The number of benzene rings is 1. The molecule has 0 spiro atoms. The third kappa shape index (κ3) is 5.19. The molecule has 0 atom stereocenters. The van der Waals surface area contributed by atoms with E-state index in [1.165, 1.54) is 4.88 Å². The summed E-state index contributed by atoms with van der Waals surface area (Å²) in [6, 6.07) is 7.64. The largest absolute Gasteiger partial charge is 0.482 e. The summed E-state index contributed by atoms with van der Waals surface area (Å²) < 4.78 is 5.48. The van der Waals surface area contributed by atoms with Gasteiger partial charge < -0.3 is 20.3 Å². The number of nitrogens with zero attached hydrogens (tertiary/aromatic N) is 3. The van der Waals surface area contributed by atoms with Crippen molar-refractivity contribution in [3.8, 4) is 5.75 Å². The molecule has 0 saturated carbocycles. The van der Waals surface area contributed by atoms with Crippen molar-refractivity contribution >= 4 is 28.9 Å². The predicted molar refractivity (Wildman–Crippen MR) is 109 cm³/mol. The second-order valence-electron chi connectivity index (χ2n) is 6.14. The number of nitrogens with one attached hydrogen (secondary N) is 2. The van der Waals surface area contributed by atoms with Crippen LogP contribution in [0.25, 0.3) is 0 Å². The van der Waals surface area contributed by atoms with Crippen LogP contribution in [0, 0.1) is 6.92 Å². The Morgan fingerprint density at radius 3 is 3.00 bits per heavy atom. The fourth-order valence-electron chi connectivity index (χ4n) is 2.81. The Bertz CT molecular complexity index is 805. The molecular weight excluding hydrogens is 362 g/mol. The fourth-order valence-corrected chi connectivity index (χ4v) is 3.52. The van der Waals surface area contributed by atoms with E-state index in [0.29, 0.717) is 13.1 Å². The van der Waals surface area contributed by atoms with Crippen LogP contribution in [0.15, 0.2) is 35.5 Å². The Morgan fingerprint density at radius 1 is 1.37 bits per heavy atom. The minimum atomic E-state index is -0.00610. The number of anilines is 1. The van der Waals surface area contributed by atoms with Crippen LogP contribution in [-0.4, -0.2) is 43.1 Å². The topological polar surface area (TPSA) is 78.9 Å². The van der Waals surface area contributed by atoms with Crippen molar-refractivity contribution in [2.45, 2.75) is 26.8 Å². The molecule has 27 heavy (non-hydrogen) atoms. The van der Waals surface area contributed by atoms with Gasteiger partial charge in [0.05, 0.1) is 12.2 Å². The molecule has 1 aliphatic rings. The first kappa shape index (κ1) is 19.2. The first-order valence-electron chi connectivity index (χ1n) is 9.13. The summed E-state index contributed by atoms with van der Waals surface area (Å²) in [4.78, 5) is 24.1. The second-order valence-corrected chi connectivity index (χ2v) is 7.46. The highest BCUT2D eigenvalue weighted by Gasteiger charge is 2.24. The number of rotatable bonds is 7. The number of fused-ring (bicyclic) bond motifs is 1. The molecule has 0 radical (unpaired) electrons. The van der Waals surface area contributed by atoms with Crippen molar-refractivity contribution < 1.29 is 9.53 Å². The van der Waals surface area contributed by atoms with Crippen LogP contribution in [0.3, 0.4) is 0 Å². The predicted octanol–water partition coefficient (Wildman–Crippen LogP) is 2.32. The van der Waals surface area contributed by atoms with Gasteiger partial charge in [0, 0.05) is 30.7 Å². The number of aryl methyl sites for hydroxylation is 1. The monoisotopic (exact) mass is 387 g/mol. The van der Waals surface area contributed by atoms with Gasteiger partial charge in [-0.05, 0) is 32.4 Å². The summed E-state index contributed by atoms with van der Waals surface area (Å²) in [5, 5.41) is 7.56. The van der Waals surface area contributed by atoms with Gasteiger partial charge in [-0.2, -0.15) is 0 Å². The van der Waals surface area contributed by atoms with Crippen LogP contribution in [0.4, 0.5) is 5.69 Å².